The van der Waals surface area contributed by atoms with Crippen molar-refractivity contribution in [2.24, 2.45) is 0 Å². The Balaban J connectivity index is 2.22. The largest absolute Gasteiger partial charge is 0.340 e. The highest BCUT2D eigenvalue weighted by atomic mass is 16.2. The van der Waals surface area contributed by atoms with Crippen LogP contribution in [0.15, 0.2) is 0 Å². The first kappa shape index (κ1) is 14.3. The summed E-state index contributed by atoms with van der Waals surface area (Å²) in [5.41, 5.74) is -0.772. The Hall–Kier alpha value is -1.10. The quantitative estimate of drug-likeness (QED) is 0.797. The van der Waals surface area contributed by atoms with Crippen LogP contribution >= 0.6 is 0 Å². The maximum atomic E-state index is 12.6. The van der Waals surface area contributed by atoms with Crippen molar-refractivity contribution in [1.82, 2.24) is 15.1 Å². The molecule has 0 saturated carbocycles. The van der Waals surface area contributed by atoms with Crippen molar-refractivity contribution in [3.8, 4) is 0 Å². The van der Waals surface area contributed by atoms with E-state index in [1.54, 1.807) is 13.8 Å². The maximum Gasteiger partial charge on any atom is 0.248 e. The number of amides is 2. The van der Waals surface area contributed by atoms with Crippen molar-refractivity contribution in [3.05, 3.63) is 0 Å². The minimum Gasteiger partial charge on any atom is -0.340 e. The zero-order chi connectivity index (χ0) is 14.2. The first-order valence-corrected chi connectivity index (χ1v) is 7.20. The Morgan fingerprint density at radius 2 is 1.84 bits per heavy atom. The summed E-state index contributed by atoms with van der Waals surface area (Å²) in [7, 11) is 2.10. The van der Waals surface area contributed by atoms with Gasteiger partial charge in [-0.2, -0.15) is 0 Å². The molecule has 0 aromatic carbocycles. The van der Waals surface area contributed by atoms with Gasteiger partial charge in [0.1, 0.15) is 11.6 Å². The number of hydrogen-bond donors (Lipinski definition) is 1. The second-order valence-corrected chi connectivity index (χ2v) is 6.29. The maximum absolute atomic E-state index is 12.6. The average molecular weight is 267 g/mol. The lowest BCUT2D eigenvalue weighted by Crippen LogP contribution is -2.70. The van der Waals surface area contributed by atoms with Gasteiger partial charge in [-0.05, 0) is 53.2 Å². The predicted molar refractivity (Wildman–Crippen MR) is 73.7 cm³/mol. The molecule has 2 rings (SSSR count). The van der Waals surface area contributed by atoms with Gasteiger partial charge in [-0.25, -0.2) is 0 Å². The van der Waals surface area contributed by atoms with Crippen LogP contribution in [0.1, 0.15) is 40.0 Å². The minimum atomic E-state index is -0.772. The molecule has 0 aliphatic carbocycles. The summed E-state index contributed by atoms with van der Waals surface area (Å²) in [6, 6.07) is -0.0899. The summed E-state index contributed by atoms with van der Waals surface area (Å²) < 4.78 is 0. The van der Waals surface area contributed by atoms with E-state index in [1.807, 2.05) is 11.8 Å². The number of likely N-dealkylation sites (tertiary alicyclic amines) is 1. The Labute approximate surface area is 115 Å². The first-order valence-electron chi connectivity index (χ1n) is 7.20. The molecule has 5 heteroatoms. The fourth-order valence-electron chi connectivity index (χ4n) is 3.11. The zero-order valence-corrected chi connectivity index (χ0v) is 12.4. The summed E-state index contributed by atoms with van der Waals surface area (Å²) in [5, 5.41) is 2.84. The number of rotatable bonds is 2. The van der Waals surface area contributed by atoms with Crippen LogP contribution in [-0.2, 0) is 9.59 Å². The van der Waals surface area contributed by atoms with Gasteiger partial charge in [0.25, 0.3) is 0 Å². The van der Waals surface area contributed by atoms with Gasteiger partial charge in [0.05, 0.1) is 0 Å². The van der Waals surface area contributed by atoms with E-state index in [4.69, 9.17) is 0 Å². The minimum absolute atomic E-state index is 0.00831. The van der Waals surface area contributed by atoms with Crippen molar-refractivity contribution < 1.29 is 9.59 Å². The third-order valence-corrected chi connectivity index (χ3v) is 4.31. The molecule has 0 radical (unpaired) electrons. The standard InChI is InChI=1S/C14H25N3O2/c1-5-11-12(18)15-14(2,3)13(19)17(11)10-6-8-16(4)9-7-10/h10-11H,5-9H2,1-4H3,(H,15,18). The van der Waals surface area contributed by atoms with E-state index in [0.717, 1.165) is 25.9 Å². The normalized spacial score (nSPS) is 29.5. The molecular formula is C14H25N3O2. The number of nitrogens with zero attached hydrogens (tertiary/aromatic N) is 2. The molecule has 2 amide bonds. The molecule has 1 N–H and O–H groups in total. The van der Waals surface area contributed by atoms with Gasteiger partial charge in [0.15, 0.2) is 0 Å². The molecule has 2 aliphatic heterocycles. The highest BCUT2D eigenvalue weighted by Gasteiger charge is 2.47. The molecule has 19 heavy (non-hydrogen) atoms. The van der Waals surface area contributed by atoms with Crippen LogP contribution in [0.3, 0.4) is 0 Å². The SMILES string of the molecule is CCC1C(=O)NC(C)(C)C(=O)N1C1CCN(C)CC1. The molecule has 0 aromatic rings. The number of nitrogens with one attached hydrogen (secondary N) is 1. The molecular weight excluding hydrogens is 242 g/mol. The molecule has 2 saturated heterocycles. The molecule has 2 heterocycles. The monoisotopic (exact) mass is 267 g/mol. The van der Waals surface area contributed by atoms with Gasteiger partial charge >= 0.3 is 0 Å². The molecule has 0 spiro atoms. The summed E-state index contributed by atoms with van der Waals surface area (Å²) in [4.78, 5) is 29.0. The molecule has 0 bridgehead atoms. The molecule has 108 valence electrons. The van der Waals surface area contributed by atoms with Gasteiger partial charge in [-0.1, -0.05) is 6.92 Å². The Bertz CT molecular complexity index is 373. The van der Waals surface area contributed by atoms with Crippen molar-refractivity contribution in [1.29, 1.82) is 0 Å². The predicted octanol–water partition coefficient (Wildman–Crippen LogP) is 0.596. The van der Waals surface area contributed by atoms with Crippen molar-refractivity contribution in [2.45, 2.75) is 57.7 Å². The fraction of sp³-hybridized carbons (Fsp3) is 0.857. The van der Waals surface area contributed by atoms with E-state index in [2.05, 4.69) is 17.3 Å². The highest BCUT2D eigenvalue weighted by molar-refractivity contribution is 5.99. The van der Waals surface area contributed by atoms with Crippen LogP contribution in [0.25, 0.3) is 0 Å². The van der Waals surface area contributed by atoms with Crippen molar-refractivity contribution in [3.63, 3.8) is 0 Å². The molecule has 2 aliphatic rings. The fourth-order valence-corrected chi connectivity index (χ4v) is 3.11. The Morgan fingerprint density at radius 3 is 2.37 bits per heavy atom. The number of hydrogen-bond acceptors (Lipinski definition) is 3. The topological polar surface area (TPSA) is 52.7 Å². The summed E-state index contributed by atoms with van der Waals surface area (Å²) >= 11 is 0. The first-order chi connectivity index (χ1) is 8.86. The average Bonchev–Trinajstić information content (AvgIpc) is 2.34. The lowest BCUT2D eigenvalue weighted by Gasteiger charge is -2.48. The van der Waals surface area contributed by atoms with Gasteiger partial charge in [-0.15, -0.1) is 0 Å². The van der Waals surface area contributed by atoms with Gasteiger partial charge in [0.2, 0.25) is 11.8 Å². The number of carbonyl (C=O) groups is 2. The lowest BCUT2D eigenvalue weighted by molar-refractivity contribution is -0.157. The van der Waals surface area contributed by atoms with E-state index < -0.39 is 5.54 Å². The summed E-state index contributed by atoms with van der Waals surface area (Å²) in [6.07, 6.45) is 2.60. The molecule has 1 atom stereocenters. The Kier molecular flexibility index (Phi) is 3.85. The Morgan fingerprint density at radius 1 is 1.26 bits per heavy atom. The second kappa shape index (κ2) is 5.12. The van der Waals surface area contributed by atoms with Gasteiger partial charge in [-0.3, -0.25) is 9.59 Å². The van der Waals surface area contributed by atoms with E-state index in [0.29, 0.717) is 6.42 Å². The van der Waals surface area contributed by atoms with E-state index in [1.165, 1.54) is 0 Å². The van der Waals surface area contributed by atoms with Crippen LogP contribution in [0.4, 0.5) is 0 Å². The van der Waals surface area contributed by atoms with Gasteiger partial charge in [0, 0.05) is 6.04 Å². The number of carbonyl (C=O) groups excluding carboxylic acids is 2. The zero-order valence-electron chi connectivity index (χ0n) is 12.4. The van der Waals surface area contributed by atoms with Crippen molar-refractivity contribution >= 4 is 11.8 Å². The molecule has 2 fully saturated rings. The summed E-state index contributed by atoms with van der Waals surface area (Å²) in [6.45, 7) is 7.54. The van der Waals surface area contributed by atoms with Crippen LogP contribution in [0, 0.1) is 0 Å². The van der Waals surface area contributed by atoms with Crippen LogP contribution in [0.5, 0.6) is 0 Å². The van der Waals surface area contributed by atoms with E-state index in [9.17, 15) is 9.59 Å². The summed E-state index contributed by atoms with van der Waals surface area (Å²) in [5.74, 6) is 0.0551. The van der Waals surface area contributed by atoms with Crippen LogP contribution < -0.4 is 5.32 Å². The van der Waals surface area contributed by atoms with Crippen LogP contribution in [0.2, 0.25) is 0 Å². The second-order valence-electron chi connectivity index (χ2n) is 6.29. The van der Waals surface area contributed by atoms with Gasteiger partial charge < -0.3 is 15.1 Å². The number of piperidine rings is 1. The third-order valence-electron chi connectivity index (χ3n) is 4.31. The van der Waals surface area contributed by atoms with Crippen LogP contribution in [-0.4, -0.2) is 59.4 Å². The third kappa shape index (κ3) is 2.61. The molecule has 0 aromatic heterocycles. The highest BCUT2D eigenvalue weighted by Crippen LogP contribution is 2.26. The van der Waals surface area contributed by atoms with E-state index in [-0.39, 0.29) is 23.9 Å². The van der Waals surface area contributed by atoms with Crippen molar-refractivity contribution in [2.75, 3.05) is 20.1 Å². The smallest absolute Gasteiger partial charge is 0.248 e. The lowest BCUT2D eigenvalue weighted by atomic mass is 9.91. The molecule has 1 unspecified atom stereocenters. The number of piperazine rings is 1. The van der Waals surface area contributed by atoms with E-state index >= 15 is 0 Å². The molecule has 5 nitrogen and oxygen atoms in total.